The zero-order valence-corrected chi connectivity index (χ0v) is 11.6. The van der Waals surface area contributed by atoms with Crippen LogP contribution in [0, 0.1) is 0 Å². The van der Waals surface area contributed by atoms with Crippen LogP contribution in [0.3, 0.4) is 0 Å². The number of halogens is 3. The number of hydrogen-bond acceptors (Lipinski definition) is 2. The Morgan fingerprint density at radius 2 is 1.44 bits per heavy atom. The highest BCUT2D eigenvalue weighted by Gasteiger charge is 1.79. The van der Waals surface area contributed by atoms with E-state index in [4.69, 9.17) is 44.6 Å². The molecule has 0 unspecified atom stereocenters. The maximum atomic E-state index is 8.63. The number of alkyl halides is 3. The molecule has 16 heavy (non-hydrogen) atoms. The van der Waals surface area contributed by atoms with Crippen molar-refractivity contribution in [3.05, 3.63) is 30.3 Å². The Kier molecular flexibility index (Phi) is 16.9. The van der Waals surface area contributed by atoms with Gasteiger partial charge in [0.05, 0.1) is 0 Å². The minimum absolute atomic E-state index is 0.322. The summed E-state index contributed by atoms with van der Waals surface area (Å²) in [7, 11) is 0. The highest BCUT2D eigenvalue weighted by atomic mass is 35.6. The van der Waals surface area contributed by atoms with Crippen LogP contribution in [-0.4, -0.2) is 22.6 Å². The lowest BCUT2D eigenvalue weighted by Gasteiger charge is -1.86. The van der Waals surface area contributed by atoms with Gasteiger partial charge in [-0.15, -0.1) is 0 Å². The number of aromatic hydroxyl groups is 1. The van der Waals surface area contributed by atoms with Crippen molar-refractivity contribution in [2.75, 3.05) is 13.2 Å². The lowest BCUT2D eigenvalue weighted by molar-refractivity contribution is 0.162. The highest BCUT2D eigenvalue weighted by Crippen LogP contribution is 2.03. The largest absolute Gasteiger partial charge is 0.508 e. The van der Waals surface area contributed by atoms with Crippen molar-refractivity contribution in [1.82, 2.24) is 0 Å². The van der Waals surface area contributed by atoms with Gasteiger partial charge in [0.2, 0.25) is 0 Å². The monoisotopic (exact) mass is 286 g/mol. The summed E-state index contributed by atoms with van der Waals surface area (Å²) in [6.07, 6.45) is 0. The maximum Gasteiger partial charge on any atom is 0.180 e. The van der Waals surface area contributed by atoms with Crippen molar-refractivity contribution < 1.29 is 9.84 Å². The van der Waals surface area contributed by atoms with E-state index in [0.717, 1.165) is 13.2 Å². The summed E-state index contributed by atoms with van der Waals surface area (Å²) >= 11 is 14.4. The Labute approximate surface area is 112 Å². The van der Waals surface area contributed by atoms with E-state index in [1.54, 1.807) is 24.3 Å². The van der Waals surface area contributed by atoms with Crippen molar-refractivity contribution in [3.8, 4) is 5.75 Å². The molecule has 0 heterocycles. The molecule has 0 fully saturated rings. The molecule has 0 spiro atoms. The van der Waals surface area contributed by atoms with E-state index in [9.17, 15) is 0 Å². The number of ether oxygens (including phenoxy) is 1. The van der Waals surface area contributed by atoms with Crippen molar-refractivity contribution >= 4 is 34.8 Å². The summed E-state index contributed by atoms with van der Waals surface area (Å²) < 4.78 is 4.08. The first-order valence-electron chi connectivity index (χ1n) is 4.78. The second-order valence-corrected chi connectivity index (χ2v) is 4.34. The number of phenols is 1. The fraction of sp³-hybridized carbons (Fsp3) is 0.455. The topological polar surface area (TPSA) is 29.5 Å². The van der Waals surface area contributed by atoms with Crippen LogP contribution in [0.2, 0.25) is 0 Å². The second-order valence-electron chi connectivity index (χ2n) is 2.36. The molecule has 0 saturated carbocycles. The molecule has 0 bridgehead atoms. The summed E-state index contributed by atoms with van der Waals surface area (Å²) in [5, 5.41) is 8.63. The highest BCUT2D eigenvalue weighted by molar-refractivity contribution is 6.63. The van der Waals surface area contributed by atoms with Crippen LogP contribution >= 0.6 is 34.8 Å². The van der Waals surface area contributed by atoms with Crippen LogP contribution < -0.4 is 0 Å². The molecular formula is C11H17Cl3O2. The molecule has 0 radical (unpaired) electrons. The minimum Gasteiger partial charge on any atom is -0.508 e. The Morgan fingerprint density at radius 1 is 1.06 bits per heavy atom. The van der Waals surface area contributed by atoms with Gasteiger partial charge in [-0.3, -0.25) is 0 Å². The van der Waals surface area contributed by atoms with Gasteiger partial charge in [-0.05, 0) is 26.0 Å². The molecule has 1 rings (SSSR count). The van der Waals surface area contributed by atoms with E-state index in [1.807, 2.05) is 19.9 Å². The molecule has 5 heteroatoms. The fourth-order valence-electron chi connectivity index (χ4n) is 0.632. The smallest absolute Gasteiger partial charge is 0.180 e. The Balaban J connectivity index is 0. The number of phenolic OH excluding ortho intramolecular Hbond substituents is 1. The minimum atomic E-state index is -0.750. The zero-order chi connectivity index (χ0) is 12.8. The molecular weight excluding hydrogens is 270 g/mol. The number of rotatable bonds is 2. The number of para-hydroxylation sites is 1. The quantitative estimate of drug-likeness (QED) is 0.816. The van der Waals surface area contributed by atoms with Crippen molar-refractivity contribution in [2.24, 2.45) is 0 Å². The van der Waals surface area contributed by atoms with Crippen LogP contribution in [-0.2, 0) is 4.74 Å². The van der Waals surface area contributed by atoms with E-state index in [2.05, 4.69) is 0 Å². The van der Waals surface area contributed by atoms with Crippen LogP contribution in [0.4, 0.5) is 0 Å². The third kappa shape index (κ3) is 23.6. The molecule has 0 aliphatic carbocycles. The van der Waals surface area contributed by atoms with Gasteiger partial charge < -0.3 is 9.84 Å². The molecule has 1 N–H and O–H groups in total. The molecule has 1 aromatic carbocycles. The summed E-state index contributed by atoms with van der Waals surface area (Å²) in [6, 6.07) is 8.71. The van der Waals surface area contributed by atoms with Crippen LogP contribution in [0.25, 0.3) is 0 Å². The number of benzene rings is 1. The van der Waals surface area contributed by atoms with Gasteiger partial charge in [0.25, 0.3) is 0 Å². The van der Waals surface area contributed by atoms with E-state index in [0.29, 0.717) is 5.75 Å². The summed E-state index contributed by atoms with van der Waals surface area (Å²) in [6.45, 7) is 5.67. The normalized spacial score (nSPS) is 8.62. The van der Waals surface area contributed by atoms with Crippen LogP contribution in [0.5, 0.6) is 5.75 Å². The first-order valence-corrected chi connectivity index (χ1v) is 6.09. The van der Waals surface area contributed by atoms with Crippen LogP contribution in [0.1, 0.15) is 13.8 Å². The SMILES string of the molecule is CCOCC.ClC(Cl)Cl.Oc1ccccc1. The lowest BCUT2D eigenvalue weighted by atomic mass is 10.3. The molecule has 0 amide bonds. The summed E-state index contributed by atoms with van der Waals surface area (Å²) in [4.78, 5) is 0. The molecule has 0 aliphatic rings. The molecule has 0 aromatic heterocycles. The Hall–Kier alpha value is -0.150. The molecule has 0 saturated heterocycles. The third-order valence-electron chi connectivity index (χ3n) is 1.16. The van der Waals surface area contributed by atoms with E-state index >= 15 is 0 Å². The van der Waals surface area contributed by atoms with Gasteiger partial charge in [-0.25, -0.2) is 0 Å². The standard InChI is InChI=1S/C6H6O.C4H10O.CHCl3/c7-6-4-2-1-3-5-6;1-3-5-4-2;2-1(3)4/h1-5,7H;3-4H2,1-2H3;1H. The molecule has 0 aliphatic heterocycles. The molecule has 2 nitrogen and oxygen atoms in total. The van der Waals surface area contributed by atoms with Crippen molar-refractivity contribution in [2.45, 2.75) is 18.1 Å². The van der Waals surface area contributed by atoms with E-state index in [1.165, 1.54) is 0 Å². The zero-order valence-electron chi connectivity index (χ0n) is 9.37. The van der Waals surface area contributed by atoms with Gasteiger partial charge in [0, 0.05) is 13.2 Å². The van der Waals surface area contributed by atoms with Crippen LogP contribution in [0.15, 0.2) is 30.3 Å². The van der Waals surface area contributed by atoms with Gasteiger partial charge >= 0.3 is 0 Å². The van der Waals surface area contributed by atoms with Gasteiger partial charge in [0.15, 0.2) is 4.30 Å². The Bertz CT molecular complexity index is 213. The fourth-order valence-corrected chi connectivity index (χ4v) is 0.632. The van der Waals surface area contributed by atoms with Crippen molar-refractivity contribution in [1.29, 1.82) is 0 Å². The molecule has 0 atom stereocenters. The van der Waals surface area contributed by atoms with E-state index in [-0.39, 0.29) is 0 Å². The van der Waals surface area contributed by atoms with Gasteiger partial charge in [-0.2, -0.15) is 0 Å². The Morgan fingerprint density at radius 3 is 1.56 bits per heavy atom. The average molecular weight is 288 g/mol. The van der Waals surface area contributed by atoms with Gasteiger partial charge in [0.1, 0.15) is 5.75 Å². The maximum absolute atomic E-state index is 8.63. The molecule has 94 valence electrons. The summed E-state index contributed by atoms with van der Waals surface area (Å²) in [5.41, 5.74) is 0. The van der Waals surface area contributed by atoms with Gasteiger partial charge in [-0.1, -0.05) is 53.0 Å². The molecule has 1 aromatic rings. The predicted octanol–water partition coefficient (Wildman–Crippen LogP) is 4.42. The first-order chi connectivity index (χ1) is 7.54. The van der Waals surface area contributed by atoms with E-state index < -0.39 is 4.30 Å². The average Bonchev–Trinajstić information content (AvgIpc) is 2.20. The second kappa shape index (κ2) is 14.8. The first kappa shape index (κ1) is 18.2. The summed E-state index contributed by atoms with van der Waals surface area (Å²) in [5.74, 6) is 0.322. The lowest BCUT2D eigenvalue weighted by Crippen LogP contribution is -1.84. The number of hydrogen-bond donors (Lipinski definition) is 1. The van der Waals surface area contributed by atoms with Crippen molar-refractivity contribution in [3.63, 3.8) is 0 Å². The predicted molar refractivity (Wildman–Crippen MR) is 71.6 cm³/mol. The third-order valence-corrected chi connectivity index (χ3v) is 1.16.